The molecule has 0 heterocycles. The van der Waals surface area contributed by atoms with Crippen molar-refractivity contribution in [3.8, 4) is 0 Å². The van der Waals surface area contributed by atoms with Crippen molar-refractivity contribution in [2.45, 2.75) is 0 Å². The summed E-state index contributed by atoms with van der Waals surface area (Å²) in [6, 6.07) is 0. The third kappa shape index (κ3) is 533. The van der Waals surface area contributed by atoms with Crippen molar-refractivity contribution in [1.82, 2.24) is 0 Å². The number of hydrogen-bond donors (Lipinski definition) is 2. The Balaban J connectivity index is -0.0000000450. The monoisotopic (exact) mass is 150 g/mol. The number of hydrogen-bond acceptors (Lipinski definition) is 1. The van der Waals surface area contributed by atoms with Crippen LogP contribution in [0.3, 0.4) is 0 Å². The summed E-state index contributed by atoms with van der Waals surface area (Å²) in [7, 11) is 0. The van der Waals surface area contributed by atoms with E-state index in [4.69, 9.17) is 15.0 Å². The molecule has 3 nitrogen and oxygen atoms in total. The first-order chi connectivity index (χ1) is 1.73. The molecule has 0 saturated carbocycles. The van der Waals surface area contributed by atoms with Gasteiger partial charge in [0.1, 0.15) is 0 Å². The van der Waals surface area contributed by atoms with Gasteiger partial charge in [-0.2, -0.15) is 0 Å². The fourth-order valence-electron chi connectivity index (χ4n) is 0. The molecule has 0 fully saturated rings. The topological polar surface area (TPSA) is 57.5 Å². The number of carboxylic acid groups (broad SMARTS) is 2. The fourth-order valence-corrected chi connectivity index (χ4v) is 0. The van der Waals surface area contributed by atoms with Gasteiger partial charge in [0.25, 0.3) is 0 Å². The molecule has 2 N–H and O–H groups in total. The number of rotatable bonds is 0. The van der Waals surface area contributed by atoms with E-state index >= 15 is 0 Å². The molecule has 5 heteroatoms. The Labute approximate surface area is 55.4 Å². The van der Waals surface area contributed by atoms with Crippen LogP contribution in [-0.2, 0) is 16.5 Å². The summed E-state index contributed by atoms with van der Waals surface area (Å²) in [5, 5.41) is 13.9. The third-order valence-electron chi connectivity index (χ3n) is 0. The summed E-state index contributed by atoms with van der Waals surface area (Å²) in [6.45, 7) is 0. The van der Waals surface area contributed by atoms with Gasteiger partial charge in [0.2, 0.25) is 0 Å². The van der Waals surface area contributed by atoms with Crippen molar-refractivity contribution in [2.24, 2.45) is 0 Å². The second-order valence-electron chi connectivity index (χ2n) is 0.283. The van der Waals surface area contributed by atoms with E-state index in [0.717, 1.165) is 0 Å². The quantitative estimate of drug-likeness (QED) is 0.438. The zero-order valence-electron chi connectivity index (χ0n) is 2.12. The molecule has 6 heavy (non-hydrogen) atoms. The van der Waals surface area contributed by atoms with Gasteiger partial charge in [-0.25, -0.2) is 4.79 Å². The third-order valence-corrected chi connectivity index (χ3v) is 0. The Morgan fingerprint density at radius 1 is 1.33 bits per heavy atom. The van der Waals surface area contributed by atoms with Gasteiger partial charge in [0.05, 0.1) is 0 Å². The van der Waals surface area contributed by atoms with Gasteiger partial charge in [-0.05, 0) is 0 Å². The van der Waals surface area contributed by atoms with Crippen molar-refractivity contribution in [3.05, 3.63) is 0 Å². The van der Waals surface area contributed by atoms with Crippen LogP contribution >= 0.6 is 0 Å². The Morgan fingerprint density at radius 2 is 1.33 bits per heavy atom. The average Bonchev–Trinajstić information content (AvgIpc) is 0.811. The Kier molecular flexibility index (Phi) is 24.4. The minimum atomic E-state index is -1.83. The average molecular weight is 151 g/mol. The minimum Gasteiger partial charge on any atom is -0.450 e. The predicted octanol–water partition coefficient (Wildman–Crippen LogP) is -0.964. The SMILES string of the molecule is O=C(O)O.[AlH3].[Ni]. The molecule has 0 unspecified atom stereocenters. The van der Waals surface area contributed by atoms with Gasteiger partial charge in [-0.3, -0.25) is 0 Å². The summed E-state index contributed by atoms with van der Waals surface area (Å²) in [4.78, 5) is 8.56. The normalized spacial score (nSPS) is 4.00. The Bertz CT molecular complexity index is 33.8. The summed E-state index contributed by atoms with van der Waals surface area (Å²) in [5.74, 6) is 0. The Morgan fingerprint density at radius 3 is 1.33 bits per heavy atom. The number of carbonyl (C=O) groups is 1. The van der Waals surface area contributed by atoms with Crippen molar-refractivity contribution >= 4 is 23.5 Å². The summed E-state index contributed by atoms with van der Waals surface area (Å²) in [5.41, 5.74) is 0. The molecule has 0 bridgehead atoms. The van der Waals surface area contributed by atoms with Crippen LogP contribution < -0.4 is 0 Å². The molecular weight excluding hydrogens is 146 g/mol. The fraction of sp³-hybridized carbons (Fsp3) is 0. The first kappa shape index (κ1) is 16.3. The first-order valence-corrected chi connectivity index (χ1v) is 0.651. The molecule has 0 rings (SSSR count). The van der Waals surface area contributed by atoms with E-state index in [9.17, 15) is 0 Å². The second kappa shape index (κ2) is 9.00. The van der Waals surface area contributed by atoms with Crippen LogP contribution in [0.5, 0.6) is 0 Å². The van der Waals surface area contributed by atoms with Crippen LogP contribution in [0.15, 0.2) is 0 Å². The van der Waals surface area contributed by atoms with E-state index in [-0.39, 0.29) is 33.9 Å². The van der Waals surface area contributed by atoms with E-state index in [2.05, 4.69) is 0 Å². The summed E-state index contributed by atoms with van der Waals surface area (Å²) in [6.07, 6.45) is -1.83. The second-order valence-corrected chi connectivity index (χ2v) is 0.283. The molecule has 40 valence electrons. The molecule has 0 aliphatic rings. The van der Waals surface area contributed by atoms with Crippen LogP contribution in [-0.4, -0.2) is 33.7 Å². The van der Waals surface area contributed by atoms with Gasteiger partial charge in [0.15, 0.2) is 17.4 Å². The zero-order valence-corrected chi connectivity index (χ0v) is 3.11. The zero-order chi connectivity index (χ0) is 3.58. The molecule has 0 spiro atoms. The molecule has 0 atom stereocenters. The maximum absolute atomic E-state index is 8.56. The molecule has 0 amide bonds. The van der Waals surface area contributed by atoms with Crippen LogP contribution in [0.4, 0.5) is 4.79 Å². The van der Waals surface area contributed by atoms with Crippen LogP contribution in [0.2, 0.25) is 0 Å². The smallest absolute Gasteiger partial charge is 0.450 e. The first-order valence-electron chi connectivity index (χ1n) is 0.651. The predicted molar refractivity (Wildman–Crippen MR) is 20.6 cm³/mol. The van der Waals surface area contributed by atoms with Crippen molar-refractivity contribution in [1.29, 1.82) is 0 Å². The minimum absolute atomic E-state index is 0. The van der Waals surface area contributed by atoms with Crippen LogP contribution in [0, 0.1) is 0 Å². The summed E-state index contributed by atoms with van der Waals surface area (Å²) >= 11 is 0. The molecule has 0 aromatic carbocycles. The molecule has 0 aliphatic heterocycles. The summed E-state index contributed by atoms with van der Waals surface area (Å²) < 4.78 is 0. The van der Waals surface area contributed by atoms with E-state index < -0.39 is 6.16 Å². The molecule has 0 aliphatic carbocycles. The molecule has 0 radical (unpaired) electrons. The van der Waals surface area contributed by atoms with Crippen LogP contribution in [0.1, 0.15) is 0 Å². The molecular formula is CH5AlNiO3. The van der Waals surface area contributed by atoms with Crippen molar-refractivity contribution in [2.75, 3.05) is 0 Å². The maximum atomic E-state index is 8.56. The van der Waals surface area contributed by atoms with Crippen LogP contribution in [0.25, 0.3) is 0 Å². The van der Waals surface area contributed by atoms with E-state index in [0.29, 0.717) is 0 Å². The van der Waals surface area contributed by atoms with E-state index in [1.54, 1.807) is 0 Å². The maximum Gasteiger partial charge on any atom is 0.503 e. The standard InChI is InChI=1S/CH2O3.Al.Ni.3H/c2-1(3)4;;;;;/h(H2,2,3,4);;;;;. The molecule has 0 aromatic heterocycles. The van der Waals surface area contributed by atoms with Crippen molar-refractivity contribution in [3.63, 3.8) is 0 Å². The largest absolute Gasteiger partial charge is 0.503 e. The van der Waals surface area contributed by atoms with Gasteiger partial charge >= 0.3 is 6.16 Å². The Hall–Kier alpha value is 0.296. The van der Waals surface area contributed by atoms with Gasteiger partial charge in [0, 0.05) is 16.5 Å². The van der Waals surface area contributed by atoms with Gasteiger partial charge in [-0.1, -0.05) is 0 Å². The van der Waals surface area contributed by atoms with E-state index in [1.165, 1.54) is 0 Å². The molecule has 0 aromatic rings. The van der Waals surface area contributed by atoms with Gasteiger partial charge < -0.3 is 10.2 Å². The van der Waals surface area contributed by atoms with Gasteiger partial charge in [-0.15, -0.1) is 0 Å². The van der Waals surface area contributed by atoms with E-state index in [1.807, 2.05) is 0 Å². The molecule has 0 saturated heterocycles. The van der Waals surface area contributed by atoms with Crippen molar-refractivity contribution < 1.29 is 31.5 Å².